The molecule has 0 fully saturated rings. The summed E-state index contributed by atoms with van der Waals surface area (Å²) in [5.74, 6) is -5.67. The van der Waals surface area contributed by atoms with Gasteiger partial charge in [0.25, 0.3) is 0 Å². The zero-order valence-corrected chi connectivity index (χ0v) is 14.2. The van der Waals surface area contributed by atoms with E-state index in [1.165, 1.54) is 0 Å². The molecule has 0 spiro atoms. The van der Waals surface area contributed by atoms with Crippen molar-refractivity contribution in [1.29, 1.82) is 0 Å². The van der Waals surface area contributed by atoms with Crippen LogP contribution in [0.25, 0.3) is 0 Å². The Hall–Kier alpha value is -1.83. The number of nitrogens with two attached hydrogens (primary N) is 6. The number of hydrogen-bond donors (Lipinski definition) is 6. The minimum atomic E-state index is -1.89. The monoisotopic (exact) mass is 345 g/mol. The number of aromatic nitrogens is 3. The summed E-state index contributed by atoms with van der Waals surface area (Å²) < 4.78 is 1.47. The molecule has 0 bridgehead atoms. The van der Waals surface area contributed by atoms with Crippen molar-refractivity contribution in [1.82, 2.24) is 13.7 Å². The molecule has 0 saturated carbocycles. The summed E-state index contributed by atoms with van der Waals surface area (Å²) in [6.07, 6.45) is 0.00859. The van der Waals surface area contributed by atoms with E-state index in [2.05, 4.69) is 0 Å². The Morgan fingerprint density at radius 3 is 0.875 bits per heavy atom. The maximum atomic E-state index is 12.7. The zero-order valence-electron chi connectivity index (χ0n) is 14.2. The van der Waals surface area contributed by atoms with E-state index >= 15 is 0 Å². The van der Waals surface area contributed by atoms with Crippen molar-refractivity contribution in [2.24, 2.45) is 34.4 Å². The van der Waals surface area contributed by atoms with E-state index in [9.17, 15) is 14.4 Å². The van der Waals surface area contributed by atoms with Crippen molar-refractivity contribution in [3.63, 3.8) is 0 Å². The molecule has 0 radical (unpaired) electrons. The van der Waals surface area contributed by atoms with E-state index in [4.69, 9.17) is 34.4 Å². The Kier molecular flexibility index (Phi) is 5.25. The third kappa shape index (κ3) is 3.07. The molecule has 24 heavy (non-hydrogen) atoms. The highest BCUT2D eigenvalue weighted by molar-refractivity contribution is 4.93. The second-order valence-electron chi connectivity index (χ2n) is 5.89. The van der Waals surface area contributed by atoms with Gasteiger partial charge in [-0.05, 0) is 19.3 Å². The lowest BCUT2D eigenvalue weighted by atomic mass is 10.2. The van der Waals surface area contributed by atoms with Gasteiger partial charge < -0.3 is 0 Å². The molecule has 0 aliphatic carbocycles. The van der Waals surface area contributed by atoms with Crippen molar-refractivity contribution in [3.05, 3.63) is 31.5 Å². The molecule has 0 aliphatic heterocycles. The molecule has 1 aromatic rings. The van der Waals surface area contributed by atoms with E-state index in [0.717, 1.165) is 0 Å². The van der Waals surface area contributed by atoms with E-state index in [1.807, 2.05) is 0 Å². The quantitative estimate of drug-likeness (QED) is 0.276. The highest BCUT2D eigenvalue weighted by Crippen LogP contribution is 2.05. The second kappa shape index (κ2) is 6.23. The van der Waals surface area contributed by atoms with Gasteiger partial charge in [0.15, 0.2) is 17.4 Å². The predicted molar refractivity (Wildman–Crippen MR) is 89.1 cm³/mol. The minimum absolute atomic E-state index is 0.00286. The van der Waals surface area contributed by atoms with Gasteiger partial charge in [-0.3, -0.25) is 34.4 Å². The fourth-order valence-electron chi connectivity index (χ4n) is 2.09. The Labute approximate surface area is 138 Å². The van der Waals surface area contributed by atoms with E-state index in [0.29, 0.717) is 13.7 Å². The van der Waals surface area contributed by atoms with Gasteiger partial charge in [0, 0.05) is 0 Å². The molecule has 0 aromatic carbocycles. The van der Waals surface area contributed by atoms with Crippen LogP contribution >= 0.6 is 0 Å². The lowest BCUT2D eigenvalue weighted by Gasteiger charge is -2.33. The van der Waals surface area contributed by atoms with Gasteiger partial charge in [0.2, 0.25) is 0 Å². The summed E-state index contributed by atoms with van der Waals surface area (Å²) in [7, 11) is 0. The molecule has 1 rings (SSSR count). The smallest absolute Gasteiger partial charge is 0.296 e. The van der Waals surface area contributed by atoms with Crippen LogP contribution < -0.4 is 51.5 Å². The van der Waals surface area contributed by atoms with Gasteiger partial charge in [0.05, 0.1) is 0 Å². The summed E-state index contributed by atoms with van der Waals surface area (Å²) in [6.45, 7) is 4.67. The Balaban J connectivity index is 4.22. The maximum absolute atomic E-state index is 12.7. The number of rotatable bonds is 6. The summed E-state index contributed by atoms with van der Waals surface area (Å²) in [5.41, 5.74) is 31.7. The summed E-state index contributed by atoms with van der Waals surface area (Å²) in [6, 6.07) is 0. The highest BCUT2D eigenvalue weighted by atomic mass is 16.2. The van der Waals surface area contributed by atoms with Crippen LogP contribution in [0.4, 0.5) is 0 Å². The average Bonchev–Trinajstić information content (AvgIpc) is 2.46. The van der Waals surface area contributed by atoms with Crippen molar-refractivity contribution < 1.29 is 0 Å². The molecule has 0 unspecified atom stereocenters. The van der Waals surface area contributed by atoms with Crippen molar-refractivity contribution in [3.8, 4) is 0 Å². The lowest BCUT2D eigenvalue weighted by Crippen LogP contribution is -2.75. The highest BCUT2D eigenvalue weighted by Gasteiger charge is 2.36. The van der Waals surface area contributed by atoms with Crippen LogP contribution in [0.1, 0.15) is 40.0 Å². The van der Waals surface area contributed by atoms with Gasteiger partial charge >= 0.3 is 17.1 Å². The molecule has 0 atom stereocenters. The molecular weight excluding hydrogens is 318 g/mol. The van der Waals surface area contributed by atoms with Gasteiger partial charge in [-0.1, -0.05) is 20.8 Å². The SMILES string of the molecule is CCC(N)(N)n1c(=O)n(C(N)(N)CC)c(=O)n(C(N)(N)CC)c1=O. The van der Waals surface area contributed by atoms with E-state index < -0.39 is 34.4 Å². The molecule has 1 heterocycles. The van der Waals surface area contributed by atoms with Crippen molar-refractivity contribution in [2.45, 2.75) is 57.4 Å². The molecule has 0 amide bonds. The van der Waals surface area contributed by atoms with E-state index in [-0.39, 0.29) is 19.3 Å². The first-order valence-electron chi connectivity index (χ1n) is 7.54. The lowest BCUT2D eigenvalue weighted by molar-refractivity contribution is 0.171. The Bertz CT molecular complexity index is 649. The molecule has 1 aromatic heterocycles. The minimum Gasteiger partial charge on any atom is -0.296 e. The molecule has 12 heteroatoms. The maximum Gasteiger partial charge on any atom is 0.341 e. The fraction of sp³-hybridized carbons (Fsp3) is 0.750. The topological polar surface area (TPSA) is 222 Å². The fourth-order valence-corrected chi connectivity index (χ4v) is 2.09. The third-order valence-corrected chi connectivity index (χ3v) is 4.10. The van der Waals surface area contributed by atoms with Gasteiger partial charge in [-0.2, -0.15) is 0 Å². The van der Waals surface area contributed by atoms with Crippen molar-refractivity contribution in [2.75, 3.05) is 0 Å². The molecule has 0 saturated heterocycles. The number of hydrogen-bond acceptors (Lipinski definition) is 9. The Morgan fingerprint density at radius 2 is 0.750 bits per heavy atom. The molecule has 12 nitrogen and oxygen atoms in total. The molecule has 138 valence electrons. The molecular formula is C12H27N9O3. The average molecular weight is 345 g/mol. The van der Waals surface area contributed by atoms with Crippen LogP contribution in [0, 0.1) is 0 Å². The summed E-state index contributed by atoms with van der Waals surface area (Å²) in [5, 5.41) is 0. The van der Waals surface area contributed by atoms with Crippen LogP contribution in [0.3, 0.4) is 0 Å². The van der Waals surface area contributed by atoms with Crippen LogP contribution in [-0.4, -0.2) is 13.7 Å². The largest absolute Gasteiger partial charge is 0.341 e. The first kappa shape index (κ1) is 20.2. The van der Waals surface area contributed by atoms with Crippen LogP contribution in [0.2, 0.25) is 0 Å². The van der Waals surface area contributed by atoms with Crippen LogP contribution in [-0.2, 0) is 17.4 Å². The predicted octanol–water partition coefficient (Wildman–Crippen LogP) is -4.02. The van der Waals surface area contributed by atoms with Gasteiger partial charge in [-0.25, -0.2) is 28.1 Å². The van der Waals surface area contributed by atoms with Gasteiger partial charge in [-0.15, -0.1) is 0 Å². The third-order valence-electron chi connectivity index (χ3n) is 4.10. The summed E-state index contributed by atoms with van der Waals surface area (Å²) in [4.78, 5) is 38.1. The first-order valence-corrected chi connectivity index (χ1v) is 7.54. The second-order valence-corrected chi connectivity index (χ2v) is 5.89. The normalized spacial score (nSPS) is 13.4. The van der Waals surface area contributed by atoms with Crippen molar-refractivity contribution >= 4 is 0 Å². The van der Waals surface area contributed by atoms with Crippen LogP contribution in [0.5, 0.6) is 0 Å². The molecule has 12 N–H and O–H groups in total. The van der Waals surface area contributed by atoms with Gasteiger partial charge in [0.1, 0.15) is 0 Å². The summed E-state index contributed by atoms with van der Waals surface area (Å²) >= 11 is 0. The zero-order chi connectivity index (χ0) is 19.1. The molecule has 0 aliphatic rings. The first-order chi connectivity index (χ1) is 10.8. The Morgan fingerprint density at radius 1 is 0.583 bits per heavy atom. The standard InChI is InChI=1S/C12H27N9O3/c1-4-10(13,14)19-7(22)20(11(15,16)5-2)9(24)21(8(19)23)12(17,18)6-3/h4-6,13-18H2,1-3H3. The van der Waals surface area contributed by atoms with Crippen LogP contribution in [0.15, 0.2) is 14.4 Å². The van der Waals surface area contributed by atoms with E-state index in [1.54, 1.807) is 20.8 Å². The number of nitrogens with zero attached hydrogens (tertiary/aromatic N) is 3.